The van der Waals surface area contributed by atoms with Gasteiger partial charge in [0.2, 0.25) is 0 Å². The molecule has 3 aromatic carbocycles. The third kappa shape index (κ3) is 4.78. The topological polar surface area (TPSA) is 37.3 Å². The average Bonchev–Trinajstić information content (AvgIpc) is 2.83. The summed E-state index contributed by atoms with van der Waals surface area (Å²) in [6, 6.07) is 23.2. The van der Waals surface area contributed by atoms with E-state index in [-0.39, 0.29) is 0 Å². The van der Waals surface area contributed by atoms with Crippen molar-refractivity contribution in [1.82, 2.24) is 4.90 Å². The molecule has 0 amide bonds. The van der Waals surface area contributed by atoms with Crippen molar-refractivity contribution >= 4 is 11.5 Å². The maximum absolute atomic E-state index is 5.46. The smallest absolute Gasteiger partial charge is 0.160 e. The van der Waals surface area contributed by atoms with Gasteiger partial charge in [0.1, 0.15) is 5.84 Å². The molecule has 0 spiro atoms. The number of hydrogen-bond acceptors (Lipinski definition) is 5. The molecule has 0 atom stereocenters. The van der Waals surface area contributed by atoms with Gasteiger partial charge in [0.25, 0.3) is 0 Å². The molecule has 0 saturated heterocycles. The van der Waals surface area contributed by atoms with Crippen molar-refractivity contribution in [2.24, 2.45) is 4.99 Å². The number of nitrogens with zero attached hydrogens (tertiary/aromatic N) is 3. The summed E-state index contributed by atoms with van der Waals surface area (Å²) in [6.07, 6.45) is 0.914. The van der Waals surface area contributed by atoms with Crippen molar-refractivity contribution in [1.29, 1.82) is 0 Å². The number of aryl methyl sites for hydroxylation is 2. The Labute approximate surface area is 190 Å². The lowest BCUT2D eigenvalue weighted by Gasteiger charge is -2.37. The Morgan fingerprint density at radius 2 is 1.66 bits per heavy atom. The lowest BCUT2D eigenvalue weighted by molar-refractivity contribution is 0.284. The second-order valence-corrected chi connectivity index (χ2v) is 8.18. The minimum absolute atomic E-state index is 0.679. The van der Waals surface area contributed by atoms with Gasteiger partial charge in [-0.15, -0.1) is 0 Å². The van der Waals surface area contributed by atoms with Crippen LogP contribution >= 0.6 is 0 Å². The predicted octanol–water partition coefficient (Wildman–Crippen LogP) is 5.05. The molecule has 1 heterocycles. The van der Waals surface area contributed by atoms with Crippen LogP contribution in [0.3, 0.4) is 0 Å². The van der Waals surface area contributed by atoms with E-state index in [4.69, 9.17) is 14.5 Å². The number of ether oxygens (including phenoxy) is 2. The van der Waals surface area contributed by atoms with Crippen LogP contribution in [0.2, 0.25) is 0 Å². The zero-order valence-electron chi connectivity index (χ0n) is 19.3. The van der Waals surface area contributed by atoms with E-state index in [1.54, 1.807) is 14.2 Å². The van der Waals surface area contributed by atoms with Crippen molar-refractivity contribution < 1.29 is 9.47 Å². The largest absolute Gasteiger partial charge is 0.493 e. The van der Waals surface area contributed by atoms with Crippen molar-refractivity contribution in [2.75, 3.05) is 39.0 Å². The van der Waals surface area contributed by atoms with Gasteiger partial charge in [-0.05, 0) is 49.6 Å². The van der Waals surface area contributed by atoms with Gasteiger partial charge in [-0.3, -0.25) is 9.89 Å². The maximum Gasteiger partial charge on any atom is 0.160 e. The summed E-state index contributed by atoms with van der Waals surface area (Å²) < 4.78 is 10.8. The summed E-state index contributed by atoms with van der Waals surface area (Å²) in [4.78, 5) is 9.71. The van der Waals surface area contributed by atoms with Crippen molar-refractivity contribution in [3.05, 3.63) is 89.0 Å². The molecule has 0 bridgehead atoms. The van der Waals surface area contributed by atoms with E-state index in [1.807, 2.05) is 12.1 Å². The third-order valence-corrected chi connectivity index (χ3v) is 5.86. The first-order chi connectivity index (χ1) is 15.6. The zero-order valence-corrected chi connectivity index (χ0v) is 19.3. The summed E-state index contributed by atoms with van der Waals surface area (Å²) in [5.41, 5.74) is 6.10. The second kappa shape index (κ2) is 9.88. The van der Waals surface area contributed by atoms with Crippen LogP contribution in [0.5, 0.6) is 11.5 Å². The molecule has 3 aromatic rings. The van der Waals surface area contributed by atoms with Crippen LogP contribution in [0.1, 0.15) is 22.3 Å². The minimum atomic E-state index is 0.679. The highest BCUT2D eigenvalue weighted by molar-refractivity contribution is 6.10. The van der Waals surface area contributed by atoms with E-state index >= 15 is 0 Å². The molecule has 4 rings (SSSR count). The van der Waals surface area contributed by atoms with Crippen LogP contribution in [-0.2, 0) is 6.42 Å². The average molecular weight is 430 g/mol. The van der Waals surface area contributed by atoms with E-state index in [2.05, 4.69) is 78.2 Å². The van der Waals surface area contributed by atoms with Crippen molar-refractivity contribution in [3.63, 3.8) is 0 Å². The summed E-state index contributed by atoms with van der Waals surface area (Å²) >= 11 is 0. The maximum atomic E-state index is 5.46. The Morgan fingerprint density at radius 1 is 0.875 bits per heavy atom. The van der Waals surface area contributed by atoms with Crippen LogP contribution in [0.15, 0.2) is 71.7 Å². The fourth-order valence-electron chi connectivity index (χ4n) is 4.16. The van der Waals surface area contributed by atoms with Gasteiger partial charge < -0.3 is 14.4 Å². The van der Waals surface area contributed by atoms with Gasteiger partial charge in [-0.2, -0.15) is 0 Å². The molecule has 5 heteroatoms. The molecule has 0 radical (unpaired) electrons. The molecule has 1 aliphatic rings. The minimum Gasteiger partial charge on any atom is -0.493 e. The Balaban J connectivity index is 1.56. The standard InChI is InChI=1S/C27H31N3O2/c1-20-10-12-24(21(2)16-20)30-19-29(18-28-27(30)23-8-6-5-7-9-23)15-14-22-11-13-25(31-3)26(17-22)32-4/h5-13,16-17H,14-15,18-19H2,1-4H3. The molecular formula is C27H31N3O2. The predicted molar refractivity (Wildman–Crippen MR) is 131 cm³/mol. The summed E-state index contributed by atoms with van der Waals surface area (Å²) in [5.74, 6) is 2.55. The fourth-order valence-corrected chi connectivity index (χ4v) is 4.16. The number of aliphatic imine (C=N–C) groups is 1. The molecular weight excluding hydrogens is 398 g/mol. The molecule has 0 saturated carbocycles. The number of methoxy groups -OCH3 is 2. The molecule has 166 valence electrons. The molecule has 0 fully saturated rings. The van der Waals surface area contributed by atoms with Gasteiger partial charge in [0.05, 0.1) is 27.6 Å². The highest BCUT2D eigenvalue weighted by Gasteiger charge is 2.24. The number of rotatable bonds is 7. The van der Waals surface area contributed by atoms with Gasteiger partial charge in [-0.25, -0.2) is 0 Å². The Hall–Kier alpha value is -3.31. The van der Waals surface area contributed by atoms with Crippen molar-refractivity contribution in [3.8, 4) is 11.5 Å². The van der Waals surface area contributed by atoms with Crippen LogP contribution in [0, 0.1) is 13.8 Å². The highest BCUT2D eigenvalue weighted by Crippen LogP contribution is 2.29. The third-order valence-electron chi connectivity index (χ3n) is 5.86. The van der Waals surface area contributed by atoms with Crippen LogP contribution in [0.4, 0.5) is 5.69 Å². The number of benzene rings is 3. The second-order valence-electron chi connectivity index (χ2n) is 8.18. The Kier molecular flexibility index (Phi) is 6.76. The van der Waals surface area contributed by atoms with E-state index in [1.165, 1.54) is 22.4 Å². The highest BCUT2D eigenvalue weighted by atomic mass is 16.5. The molecule has 0 aromatic heterocycles. The van der Waals surface area contributed by atoms with Crippen molar-refractivity contribution in [2.45, 2.75) is 20.3 Å². The summed E-state index contributed by atoms with van der Waals surface area (Å²) in [6.45, 7) is 6.69. The fraction of sp³-hybridized carbons (Fsp3) is 0.296. The monoisotopic (exact) mass is 429 g/mol. The molecule has 0 unspecified atom stereocenters. The van der Waals surface area contributed by atoms with Crippen LogP contribution in [0.25, 0.3) is 0 Å². The molecule has 0 N–H and O–H groups in total. The molecule has 5 nitrogen and oxygen atoms in total. The molecule has 0 aliphatic carbocycles. The van der Waals surface area contributed by atoms with E-state index in [0.717, 1.165) is 42.5 Å². The quantitative estimate of drug-likeness (QED) is 0.527. The van der Waals surface area contributed by atoms with Crippen LogP contribution < -0.4 is 14.4 Å². The van der Waals surface area contributed by atoms with Gasteiger partial charge in [0.15, 0.2) is 11.5 Å². The van der Waals surface area contributed by atoms with Gasteiger partial charge in [-0.1, -0.05) is 54.1 Å². The molecule has 32 heavy (non-hydrogen) atoms. The van der Waals surface area contributed by atoms with E-state index in [0.29, 0.717) is 6.67 Å². The molecule has 1 aliphatic heterocycles. The lowest BCUT2D eigenvalue weighted by Crippen LogP contribution is -2.47. The Bertz CT molecular complexity index is 1100. The number of amidine groups is 1. The summed E-state index contributed by atoms with van der Waals surface area (Å²) in [7, 11) is 3.34. The normalized spacial score (nSPS) is 14.2. The summed E-state index contributed by atoms with van der Waals surface area (Å²) in [5, 5.41) is 0. The van der Waals surface area contributed by atoms with Gasteiger partial charge >= 0.3 is 0 Å². The van der Waals surface area contributed by atoms with E-state index in [9.17, 15) is 0 Å². The zero-order chi connectivity index (χ0) is 22.5. The van der Waals surface area contributed by atoms with Gasteiger partial charge in [0, 0.05) is 17.8 Å². The SMILES string of the molecule is COc1ccc(CCN2CN=C(c3ccccc3)N(c3ccc(C)cc3C)C2)cc1OC. The Morgan fingerprint density at radius 3 is 2.38 bits per heavy atom. The first-order valence-corrected chi connectivity index (χ1v) is 11.0. The number of hydrogen-bond donors (Lipinski definition) is 0. The lowest BCUT2D eigenvalue weighted by atomic mass is 10.1. The van der Waals surface area contributed by atoms with E-state index < -0.39 is 0 Å². The first-order valence-electron chi connectivity index (χ1n) is 11.0. The first kappa shape index (κ1) is 21.9. The number of anilines is 1. The van der Waals surface area contributed by atoms with Crippen LogP contribution in [-0.4, -0.2) is 44.8 Å².